The second kappa shape index (κ2) is 9.26. The minimum atomic E-state index is -0.381. The van der Waals surface area contributed by atoms with E-state index in [1.165, 1.54) is 13.2 Å². The fraction of sp³-hybridized carbons (Fsp3) is 0.120. The molecule has 4 rings (SSSR count). The summed E-state index contributed by atoms with van der Waals surface area (Å²) < 4.78 is 20.9. The summed E-state index contributed by atoms with van der Waals surface area (Å²) >= 11 is 0. The van der Waals surface area contributed by atoms with Gasteiger partial charge in [0, 0.05) is 17.4 Å². The van der Waals surface area contributed by atoms with Crippen LogP contribution in [0.2, 0.25) is 0 Å². The summed E-state index contributed by atoms with van der Waals surface area (Å²) in [6.45, 7) is 0.903. The first-order chi connectivity index (χ1) is 15.2. The molecule has 0 amide bonds. The number of nitrogens with one attached hydrogen (secondary N) is 1. The van der Waals surface area contributed by atoms with Crippen LogP contribution < -0.4 is 5.32 Å². The zero-order valence-corrected chi connectivity index (χ0v) is 17.1. The molecule has 4 aromatic rings. The summed E-state index contributed by atoms with van der Waals surface area (Å²) in [6.07, 6.45) is 3.45. The van der Waals surface area contributed by atoms with Crippen molar-refractivity contribution in [3.05, 3.63) is 108 Å². The normalized spacial score (nSPS) is 10.6. The van der Waals surface area contributed by atoms with Crippen LogP contribution in [0.5, 0.6) is 0 Å². The van der Waals surface area contributed by atoms with Crippen molar-refractivity contribution in [2.75, 3.05) is 12.4 Å². The first-order valence-electron chi connectivity index (χ1n) is 9.90. The van der Waals surface area contributed by atoms with Crippen LogP contribution in [-0.2, 0) is 17.8 Å². The van der Waals surface area contributed by atoms with E-state index in [2.05, 4.69) is 10.3 Å². The molecular formula is C25H22FN3O2. The Labute approximate surface area is 180 Å². The number of halogens is 1. The topological polar surface area (TPSA) is 56.1 Å². The number of nitrogens with zero attached hydrogens (tertiary/aromatic N) is 2. The number of carbonyl (C=O) groups excluding carboxylic acids is 1. The van der Waals surface area contributed by atoms with Crippen LogP contribution in [0, 0.1) is 5.82 Å². The smallest absolute Gasteiger partial charge is 0.338 e. The summed E-state index contributed by atoms with van der Waals surface area (Å²) in [7, 11) is 1.37. The lowest BCUT2D eigenvalue weighted by molar-refractivity contribution is 0.0601. The molecule has 0 aliphatic rings. The average molecular weight is 415 g/mol. The molecule has 1 heterocycles. The number of ether oxygens (including phenoxy) is 1. The molecule has 0 saturated carbocycles. The molecule has 0 aliphatic carbocycles. The number of hydrogen-bond donors (Lipinski definition) is 1. The van der Waals surface area contributed by atoms with Crippen LogP contribution in [0.3, 0.4) is 0 Å². The minimum absolute atomic E-state index is 0.235. The van der Waals surface area contributed by atoms with Crippen molar-refractivity contribution >= 4 is 11.7 Å². The van der Waals surface area contributed by atoms with Crippen LogP contribution in [0.1, 0.15) is 21.6 Å². The first-order valence-corrected chi connectivity index (χ1v) is 9.90. The fourth-order valence-electron chi connectivity index (χ4n) is 3.44. The average Bonchev–Trinajstić information content (AvgIpc) is 3.26. The number of aromatic nitrogens is 2. The van der Waals surface area contributed by atoms with Crippen LogP contribution >= 0.6 is 0 Å². The molecule has 0 bridgehead atoms. The largest absolute Gasteiger partial charge is 0.465 e. The SMILES string of the molecule is COC(=O)c1ccc(NCc2cncn2Cc2ccccc2F)cc1-c1ccccc1. The lowest BCUT2D eigenvalue weighted by Crippen LogP contribution is -2.09. The van der Waals surface area contributed by atoms with Gasteiger partial charge in [-0.3, -0.25) is 0 Å². The predicted molar refractivity (Wildman–Crippen MR) is 118 cm³/mol. The van der Waals surface area contributed by atoms with Crippen LogP contribution in [0.25, 0.3) is 11.1 Å². The van der Waals surface area contributed by atoms with E-state index in [-0.39, 0.29) is 11.8 Å². The molecule has 5 nitrogen and oxygen atoms in total. The van der Waals surface area contributed by atoms with Crippen molar-refractivity contribution in [1.29, 1.82) is 0 Å². The van der Waals surface area contributed by atoms with E-state index in [9.17, 15) is 9.18 Å². The Morgan fingerprint density at radius 2 is 1.84 bits per heavy atom. The summed E-state index contributed by atoms with van der Waals surface area (Å²) in [6, 6.07) is 21.9. The van der Waals surface area contributed by atoms with Gasteiger partial charge in [-0.25, -0.2) is 14.2 Å². The number of benzene rings is 3. The van der Waals surface area contributed by atoms with Crippen molar-refractivity contribution < 1.29 is 13.9 Å². The summed E-state index contributed by atoms with van der Waals surface area (Å²) in [5, 5.41) is 3.38. The first kappa shape index (κ1) is 20.3. The van der Waals surface area contributed by atoms with Gasteiger partial charge < -0.3 is 14.6 Å². The molecule has 1 N–H and O–H groups in total. The zero-order valence-electron chi connectivity index (χ0n) is 17.1. The molecule has 0 atom stereocenters. The molecule has 0 saturated heterocycles. The van der Waals surface area contributed by atoms with Gasteiger partial charge in [-0.05, 0) is 35.4 Å². The Hall–Kier alpha value is -3.93. The third-order valence-corrected chi connectivity index (χ3v) is 5.08. The number of esters is 1. The van der Waals surface area contributed by atoms with E-state index in [0.29, 0.717) is 24.2 Å². The fourth-order valence-corrected chi connectivity index (χ4v) is 3.44. The van der Waals surface area contributed by atoms with Gasteiger partial charge in [0.2, 0.25) is 0 Å². The van der Waals surface area contributed by atoms with Crippen molar-refractivity contribution in [2.45, 2.75) is 13.1 Å². The quantitative estimate of drug-likeness (QED) is 0.425. The third kappa shape index (κ3) is 4.64. The van der Waals surface area contributed by atoms with Gasteiger partial charge in [-0.15, -0.1) is 0 Å². The highest BCUT2D eigenvalue weighted by Crippen LogP contribution is 2.28. The Morgan fingerprint density at radius 1 is 1.06 bits per heavy atom. The number of methoxy groups -OCH3 is 1. The minimum Gasteiger partial charge on any atom is -0.465 e. The monoisotopic (exact) mass is 415 g/mol. The molecule has 6 heteroatoms. The molecule has 3 aromatic carbocycles. The van der Waals surface area contributed by atoms with Gasteiger partial charge in [-0.1, -0.05) is 48.5 Å². The summed E-state index contributed by atoms with van der Waals surface area (Å²) in [5.74, 6) is -0.616. The molecule has 0 unspecified atom stereocenters. The maximum absolute atomic E-state index is 14.0. The van der Waals surface area contributed by atoms with Crippen molar-refractivity contribution in [3.63, 3.8) is 0 Å². The van der Waals surface area contributed by atoms with Gasteiger partial charge in [0.1, 0.15) is 5.82 Å². The van der Waals surface area contributed by atoms with E-state index in [4.69, 9.17) is 4.74 Å². The van der Waals surface area contributed by atoms with Crippen LogP contribution in [0.4, 0.5) is 10.1 Å². The second-order valence-corrected chi connectivity index (χ2v) is 7.08. The highest BCUT2D eigenvalue weighted by Gasteiger charge is 2.14. The molecule has 0 radical (unpaired) electrons. The summed E-state index contributed by atoms with van der Waals surface area (Å²) in [5.41, 5.74) is 4.60. The highest BCUT2D eigenvalue weighted by atomic mass is 19.1. The zero-order chi connectivity index (χ0) is 21.6. The lowest BCUT2D eigenvalue weighted by atomic mass is 9.99. The van der Waals surface area contributed by atoms with E-state index in [1.807, 2.05) is 53.1 Å². The number of hydrogen-bond acceptors (Lipinski definition) is 4. The Bertz CT molecular complexity index is 1190. The highest BCUT2D eigenvalue weighted by molar-refractivity contribution is 5.98. The van der Waals surface area contributed by atoms with E-state index < -0.39 is 0 Å². The Balaban J connectivity index is 1.55. The van der Waals surface area contributed by atoms with Gasteiger partial charge in [0.15, 0.2) is 0 Å². The van der Waals surface area contributed by atoms with Crippen LogP contribution in [-0.4, -0.2) is 22.6 Å². The molecule has 1 aromatic heterocycles. The number of imidazole rings is 1. The molecule has 0 spiro atoms. The molecule has 0 fully saturated rings. The number of anilines is 1. The third-order valence-electron chi connectivity index (χ3n) is 5.08. The molecule has 0 aliphatic heterocycles. The van der Waals surface area contributed by atoms with Crippen molar-refractivity contribution in [1.82, 2.24) is 9.55 Å². The lowest BCUT2D eigenvalue weighted by Gasteiger charge is -2.14. The van der Waals surface area contributed by atoms with Gasteiger partial charge in [-0.2, -0.15) is 0 Å². The maximum atomic E-state index is 14.0. The van der Waals surface area contributed by atoms with Crippen molar-refractivity contribution in [3.8, 4) is 11.1 Å². The van der Waals surface area contributed by atoms with E-state index in [1.54, 1.807) is 30.7 Å². The summed E-state index contributed by atoms with van der Waals surface area (Å²) in [4.78, 5) is 16.4. The molecular weight excluding hydrogens is 393 g/mol. The van der Waals surface area contributed by atoms with E-state index in [0.717, 1.165) is 22.5 Å². The standard InChI is InChI=1S/C25H22FN3O2/c1-31-25(30)22-12-11-20(13-23(22)18-7-3-2-4-8-18)28-15-21-14-27-17-29(21)16-19-9-5-6-10-24(19)26/h2-14,17,28H,15-16H2,1H3. The Morgan fingerprint density at radius 3 is 2.61 bits per heavy atom. The van der Waals surface area contributed by atoms with Gasteiger partial charge in [0.25, 0.3) is 0 Å². The molecule has 156 valence electrons. The maximum Gasteiger partial charge on any atom is 0.338 e. The molecule has 31 heavy (non-hydrogen) atoms. The second-order valence-electron chi connectivity index (χ2n) is 7.08. The van der Waals surface area contributed by atoms with Gasteiger partial charge in [0.05, 0.1) is 37.8 Å². The Kier molecular flexibility index (Phi) is 6.08. The number of carbonyl (C=O) groups is 1. The van der Waals surface area contributed by atoms with Crippen LogP contribution in [0.15, 0.2) is 85.3 Å². The predicted octanol–water partition coefficient (Wildman–Crippen LogP) is 5.14. The van der Waals surface area contributed by atoms with E-state index >= 15 is 0 Å². The van der Waals surface area contributed by atoms with Crippen molar-refractivity contribution in [2.24, 2.45) is 0 Å². The number of rotatable bonds is 7. The van der Waals surface area contributed by atoms with Gasteiger partial charge >= 0.3 is 5.97 Å².